The van der Waals surface area contributed by atoms with Crippen molar-refractivity contribution in [3.05, 3.63) is 215 Å². The van der Waals surface area contributed by atoms with Crippen molar-refractivity contribution < 1.29 is 107 Å². The Labute approximate surface area is 372 Å². The number of carbonyl (C=O) groups excluding carboxylic acids is 9. The van der Waals surface area contributed by atoms with Gasteiger partial charge in [-0.25, -0.2) is 28.8 Å². The minimum absolute atomic E-state index is 0. The van der Waals surface area contributed by atoms with Gasteiger partial charge in [0.25, 0.3) is 17.3 Å². The topological polar surface area (TPSA) is 181 Å². The van der Waals surface area contributed by atoms with Crippen LogP contribution in [0.5, 0.6) is 0 Å². The van der Waals surface area contributed by atoms with E-state index in [1.165, 1.54) is 72.8 Å². The molecule has 0 aliphatic heterocycles. The van der Waals surface area contributed by atoms with Crippen LogP contribution in [0, 0.1) is 49.4 Å². The second-order valence-corrected chi connectivity index (χ2v) is 11.2. The van der Waals surface area contributed by atoms with Crippen molar-refractivity contribution in [2.45, 2.75) is 0 Å². The van der Waals surface area contributed by atoms with E-state index in [1.807, 2.05) is 0 Å². The maximum absolute atomic E-state index is 11.7. The molecule has 0 amide bonds. The molecule has 0 aliphatic rings. The molecule has 0 atom stereocenters. The van der Waals surface area contributed by atoms with Crippen LogP contribution in [0.2, 0.25) is 0 Å². The maximum atomic E-state index is 11.7. The van der Waals surface area contributed by atoms with E-state index in [4.69, 9.17) is 0 Å². The van der Waals surface area contributed by atoms with Crippen molar-refractivity contribution in [2.75, 3.05) is 0 Å². The summed E-state index contributed by atoms with van der Waals surface area (Å²) < 4.78 is 13.6. The summed E-state index contributed by atoms with van der Waals surface area (Å²) in [5.74, 6) is -8.58. The molecule has 0 bridgehead atoms. The molecule has 0 aromatic heterocycles. The minimum atomic E-state index is -1.18. The van der Waals surface area contributed by atoms with E-state index in [0.29, 0.717) is 0 Å². The van der Waals surface area contributed by atoms with Crippen LogP contribution in [-0.2, 0) is 28.6 Å². The molecule has 6 aromatic carbocycles. The molecule has 13 heteroatoms. The normalized spacial score (nSPS) is 9.52. The third kappa shape index (κ3) is 14.4. The van der Waals surface area contributed by atoms with E-state index in [2.05, 4.69) is 14.2 Å². The number of hydrogen-bond acceptors (Lipinski definition) is 12. The summed E-state index contributed by atoms with van der Waals surface area (Å²) in [7, 11) is 0. The summed E-state index contributed by atoms with van der Waals surface area (Å²) in [4.78, 5) is 104. The number of carbonyl (C=O) groups is 9. The van der Waals surface area contributed by atoms with Gasteiger partial charge in [0.2, 0.25) is 0 Å². The van der Waals surface area contributed by atoms with Gasteiger partial charge < -0.3 is 14.2 Å². The number of Topliss-reactive ketones (excluding diaryl/α,β-unsaturated/α-hetero) is 3. The van der Waals surface area contributed by atoms with Gasteiger partial charge in [0, 0.05) is 66.1 Å². The number of esters is 6. The van der Waals surface area contributed by atoms with Gasteiger partial charge in [0.05, 0.1) is 16.7 Å². The van der Waals surface area contributed by atoms with Crippen molar-refractivity contribution in [3.8, 4) is 0 Å². The molecule has 289 valence electrons. The van der Waals surface area contributed by atoms with Crippen molar-refractivity contribution in [1.29, 1.82) is 0 Å². The molecule has 0 aliphatic carbocycles. The Morgan fingerprint density at radius 3 is 0.569 bits per heavy atom. The van der Waals surface area contributed by atoms with Crippen molar-refractivity contribution in [1.82, 2.24) is 0 Å². The molecular formula is C45H30EuO12. The first-order valence-corrected chi connectivity index (χ1v) is 16.8. The molecule has 6 rings (SSSR count). The average molecular weight is 915 g/mol. The molecule has 12 nitrogen and oxygen atoms in total. The van der Waals surface area contributed by atoms with Crippen LogP contribution in [0.4, 0.5) is 0 Å². The predicted molar refractivity (Wildman–Crippen MR) is 203 cm³/mol. The van der Waals surface area contributed by atoms with E-state index in [-0.39, 0.29) is 82.8 Å². The molecule has 6 aromatic rings. The zero-order chi connectivity index (χ0) is 41.0. The summed E-state index contributed by atoms with van der Waals surface area (Å²) in [5.41, 5.74) is 1.22. The zero-order valence-electron chi connectivity index (χ0n) is 30.1. The molecule has 0 N–H and O–H groups in total. The quantitative estimate of drug-likeness (QED) is 0.0490. The first kappa shape index (κ1) is 45.7. The fourth-order valence-corrected chi connectivity index (χ4v) is 4.41. The van der Waals surface area contributed by atoms with Gasteiger partial charge >= 0.3 is 35.8 Å². The Bertz CT molecular complexity index is 2080. The van der Waals surface area contributed by atoms with Crippen molar-refractivity contribution in [3.63, 3.8) is 0 Å². The van der Waals surface area contributed by atoms with E-state index in [0.717, 1.165) is 0 Å². The molecule has 58 heavy (non-hydrogen) atoms. The maximum Gasteiger partial charge on any atom is 0.387 e. The number of ketones is 3. The zero-order valence-corrected chi connectivity index (χ0v) is 32.5. The summed E-state index contributed by atoms with van der Waals surface area (Å²) in [5, 5.41) is 0. The SMILES string of the molecule is O=C(OC(=O)c1ccccc1)C(=O)c1ccccc1.O=C(OC(=O)c1ccccc1)C(=O)c1ccccc1.O=C(OC(=O)c1ccccc1)C(=O)c1ccccc1.[Eu]. The largest absolute Gasteiger partial charge is 0.387 e. The van der Waals surface area contributed by atoms with Crippen molar-refractivity contribution in [2.24, 2.45) is 0 Å². The summed E-state index contributed by atoms with van der Waals surface area (Å²) in [6, 6.07) is 47.8. The molecular weight excluding hydrogens is 884 g/mol. The Morgan fingerprint density at radius 1 is 0.241 bits per heavy atom. The van der Waals surface area contributed by atoms with Crippen LogP contribution in [0.1, 0.15) is 62.1 Å². The number of hydrogen-bond donors (Lipinski definition) is 0. The van der Waals surface area contributed by atoms with Crippen LogP contribution in [0.3, 0.4) is 0 Å². The monoisotopic (exact) mass is 915 g/mol. The molecule has 0 heterocycles. The van der Waals surface area contributed by atoms with Gasteiger partial charge in [-0.15, -0.1) is 0 Å². The third-order valence-corrected chi connectivity index (χ3v) is 7.25. The number of rotatable bonds is 9. The van der Waals surface area contributed by atoms with Crippen LogP contribution < -0.4 is 0 Å². The molecule has 0 saturated carbocycles. The fraction of sp³-hybridized carbons (Fsp3) is 0. The summed E-state index contributed by atoms with van der Waals surface area (Å²) in [6.07, 6.45) is 0. The number of ether oxygens (including phenoxy) is 3. The first-order valence-electron chi connectivity index (χ1n) is 16.8. The smallest absolute Gasteiger partial charge is 0.383 e. The Kier molecular flexibility index (Phi) is 19.0. The van der Waals surface area contributed by atoms with Gasteiger partial charge in [-0.05, 0) is 36.4 Å². The fourth-order valence-electron chi connectivity index (χ4n) is 4.41. The second kappa shape index (κ2) is 24.1. The average Bonchev–Trinajstić information content (AvgIpc) is 3.27. The van der Waals surface area contributed by atoms with Gasteiger partial charge in [-0.3, -0.25) is 14.4 Å². The van der Waals surface area contributed by atoms with E-state index in [9.17, 15) is 43.2 Å². The molecule has 0 saturated heterocycles. The Hall–Kier alpha value is -6.67. The second-order valence-electron chi connectivity index (χ2n) is 11.2. The van der Waals surface area contributed by atoms with Gasteiger partial charge in [0.15, 0.2) is 0 Å². The van der Waals surface area contributed by atoms with Gasteiger partial charge in [-0.1, -0.05) is 146 Å². The van der Waals surface area contributed by atoms with E-state index in [1.54, 1.807) is 109 Å². The summed E-state index contributed by atoms with van der Waals surface area (Å²) in [6.45, 7) is 0. The first-order chi connectivity index (χ1) is 27.5. The molecule has 0 spiro atoms. The Balaban J connectivity index is 0.000000231. The van der Waals surface area contributed by atoms with Crippen LogP contribution in [0.25, 0.3) is 0 Å². The van der Waals surface area contributed by atoms with Gasteiger partial charge in [-0.2, -0.15) is 0 Å². The summed E-state index contributed by atoms with van der Waals surface area (Å²) >= 11 is 0. The third-order valence-electron chi connectivity index (χ3n) is 7.25. The molecule has 0 fully saturated rings. The Morgan fingerprint density at radius 2 is 0.397 bits per heavy atom. The minimum Gasteiger partial charge on any atom is -0.383 e. The van der Waals surface area contributed by atoms with E-state index >= 15 is 0 Å². The number of benzene rings is 6. The molecule has 0 unspecified atom stereocenters. The van der Waals surface area contributed by atoms with E-state index < -0.39 is 53.2 Å². The molecule has 1 radical (unpaired) electrons. The standard InChI is InChI=1S/3C15H10O4.Eu/c3*16-13(11-7-3-1-4-8-11)15(18)19-14(17)12-9-5-2-6-10-12;/h3*1-10H;. The predicted octanol–water partition coefficient (Wildman–Crippen LogP) is 6.76. The van der Waals surface area contributed by atoms with Gasteiger partial charge in [0.1, 0.15) is 0 Å². The van der Waals surface area contributed by atoms with Crippen LogP contribution >= 0.6 is 0 Å². The van der Waals surface area contributed by atoms with Crippen LogP contribution in [0.15, 0.2) is 182 Å². The van der Waals surface area contributed by atoms with Crippen LogP contribution in [-0.4, -0.2) is 53.2 Å². The van der Waals surface area contributed by atoms with Crippen molar-refractivity contribution >= 4 is 53.2 Å².